The third-order valence-electron chi connectivity index (χ3n) is 3.84. The second kappa shape index (κ2) is 5.85. The normalized spacial score (nSPS) is 20.2. The van der Waals surface area contributed by atoms with E-state index in [0.717, 1.165) is 4.47 Å². The average molecular weight is 389 g/mol. The summed E-state index contributed by atoms with van der Waals surface area (Å²) >= 11 is 3.36. The van der Waals surface area contributed by atoms with E-state index in [1.54, 1.807) is 31.2 Å². The maximum Gasteiger partial charge on any atom is 0.278 e. The van der Waals surface area contributed by atoms with Gasteiger partial charge in [0.2, 0.25) is 5.78 Å². The molecule has 0 spiro atoms. The van der Waals surface area contributed by atoms with Crippen LogP contribution in [-0.2, 0) is 15.3 Å². The topological polar surface area (TPSA) is 95.5 Å². The van der Waals surface area contributed by atoms with Crippen LogP contribution < -0.4 is 5.73 Å². The van der Waals surface area contributed by atoms with Gasteiger partial charge >= 0.3 is 0 Å². The van der Waals surface area contributed by atoms with Crippen LogP contribution in [0.25, 0.3) is 5.57 Å². The van der Waals surface area contributed by atoms with Crippen LogP contribution in [0.4, 0.5) is 5.69 Å². The van der Waals surface area contributed by atoms with Gasteiger partial charge in [0, 0.05) is 10.5 Å². The van der Waals surface area contributed by atoms with Gasteiger partial charge in [0.1, 0.15) is 5.76 Å². The number of Topliss-reactive ketones (excluding diaryl/α,β-unsaturated/α-hetero) is 1. The molecule has 3 rings (SSSR count). The smallest absolute Gasteiger partial charge is 0.278 e. The number of carbonyl (C=O) groups excluding carboxylic acids is 1. The number of hydrogen-bond acceptors (Lipinski definition) is 5. The Kier molecular flexibility index (Phi) is 3.98. The minimum atomic E-state index is -1.91. The quantitative estimate of drug-likeness (QED) is 0.641. The van der Waals surface area contributed by atoms with Gasteiger partial charge in [0.25, 0.3) is 11.4 Å². The summed E-state index contributed by atoms with van der Waals surface area (Å²) in [6.45, 7) is 1.62. The largest absolute Gasteiger partial charge is 0.465 e. The summed E-state index contributed by atoms with van der Waals surface area (Å²) in [6.07, 6.45) is 0. The van der Waals surface area contributed by atoms with E-state index < -0.39 is 16.4 Å². The molecule has 0 saturated carbocycles. The van der Waals surface area contributed by atoms with Crippen LogP contribution in [0.2, 0.25) is 0 Å². The fourth-order valence-corrected chi connectivity index (χ4v) is 3.19. The zero-order valence-electron chi connectivity index (χ0n) is 12.7. The van der Waals surface area contributed by atoms with E-state index in [1.165, 1.54) is 18.2 Å². The van der Waals surface area contributed by atoms with Crippen molar-refractivity contribution in [3.05, 3.63) is 80.0 Å². The first kappa shape index (κ1) is 16.4. The van der Waals surface area contributed by atoms with Gasteiger partial charge in [-0.05, 0) is 30.7 Å². The maximum absolute atomic E-state index is 13.0. The second-order valence-corrected chi connectivity index (χ2v) is 6.30. The van der Waals surface area contributed by atoms with E-state index in [0.29, 0.717) is 16.9 Å². The van der Waals surface area contributed by atoms with Gasteiger partial charge < -0.3 is 4.74 Å². The van der Waals surface area contributed by atoms with Crippen molar-refractivity contribution in [2.45, 2.75) is 12.6 Å². The van der Waals surface area contributed by atoms with Gasteiger partial charge in [-0.1, -0.05) is 40.2 Å². The molecule has 2 N–H and O–H groups in total. The second-order valence-electron chi connectivity index (χ2n) is 5.38. The summed E-state index contributed by atoms with van der Waals surface area (Å²) in [5.41, 5.74) is 5.01. The number of nitrogens with two attached hydrogens (primary N) is 1. The summed E-state index contributed by atoms with van der Waals surface area (Å²) < 4.78 is 6.43. The van der Waals surface area contributed by atoms with E-state index in [4.69, 9.17) is 10.5 Å². The number of benzene rings is 2. The van der Waals surface area contributed by atoms with E-state index in [2.05, 4.69) is 15.9 Å². The Labute approximate surface area is 146 Å². The molecule has 0 bridgehead atoms. The SMILES string of the molecule is CC1=C(c2cccc(Br)c2)C(=O)C(N)(c2ccccc2[N+](=O)[O-])O1. The standard InChI is InChI=1S/C17H13BrN2O4/c1-10-15(11-5-4-6-12(18)9-11)16(21)17(19,24-10)13-7-2-3-8-14(13)20(22)23/h2-9H,19H2,1H3. The first-order chi connectivity index (χ1) is 11.3. The number of halogens is 1. The lowest BCUT2D eigenvalue weighted by atomic mass is 9.91. The Bertz CT molecular complexity index is 894. The molecular formula is C17H13BrN2O4. The van der Waals surface area contributed by atoms with Crippen molar-refractivity contribution in [2.75, 3.05) is 0 Å². The molecule has 1 atom stereocenters. The first-order valence-electron chi connectivity index (χ1n) is 7.08. The van der Waals surface area contributed by atoms with Crippen molar-refractivity contribution in [2.24, 2.45) is 5.73 Å². The number of nitro benzene ring substituents is 1. The van der Waals surface area contributed by atoms with Crippen molar-refractivity contribution < 1.29 is 14.5 Å². The molecule has 24 heavy (non-hydrogen) atoms. The van der Waals surface area contributed by atoms with Crippen LogP contribution >= 0.6 is 15.9 Å². The van der Waals surface area contributed by atoms with Crippen molar-refractivity contribution in [1.29, 1.82) is 0 Å². The van der Waals surface area contributed by atoms with Gasteiger partial charge in [0.05, 0.1) is 16.1 Å². The van der Waals surface area contributed by atoms with Gasteiger partial charge in [-0.15, -0.1) is 0 Å². The molecule has 0 saturated heterocycles. The van der Waals surface area contributed by atoms with Gasteiger partial charge in [-0.2, -0.15) is 0 Å². The third kappa shape index (κ3) is 2.51. The summed E-state index contributed by atoms with van der Waals surface area (Å²) in [7, 11) is 0. The Hall–Kier alpha value is -2.51. The van der Waals surface area contributed by atoms with Crippen molar-refractivity contribution >= 4 is 33.0 Å². The van der Waals surface area contributed by atoms with E-state index >= 15 is 0 Å². The number of para-hydroxylation sites is 1. The molecule has 6 nitrogen and oxygen atoms in total. The number of ether oxygens (including phenoxy) is 1. The molecule has 1 heterocycles. The highest BCUT2D eigenvalue weighted by Gasteiger charge is 2.50. The summed E-state index contributed by atoms with van der Waals surface area (Å²) in [5.74, 6) is -0.175. The summed E-state index contributed by atoms with van der Waals surface area (Å²) in [6, 6.07) is 13.0. The molecular weight excluding hydrogens is 376 g/mol. The Balaban J connectivity index is 2.11. The van der Waals surface area contributed by atoms with E-state index in [1.807, 2.05) is 6.07 Å². The Morgan fingerprint density at radius 3 is 2.58 bits per heavy atom. The number of hydrogen-bond donors (Lipinski definition) is 1. The van der Waals surface area contributed by atoms with Crippen LogP contribution in [0.5, 0.6) is 0 Å². The number of carbonyl (C=O) groups is 1. The van der Waals surface area contributed by atoms with Crippen LogP contribution in [0, 0.1) is 10.1 Å². The lowest BCUT2D eigenvalue weighted by Crippen LogP contribution is -2.44. The number of nitrogens with zero attached hydrogens (tertiary/aromatic N) is 1. The van der Waals surface area contributed by atoms with Crippen LogP contribution in [0.15, 0.2) is 58.8 Å². The molecule has 0 amide bonds. The molecule has 7 heteroatoms. The minimum absolute atomic E-state index is 0.0318. The predicted molar refractivity (Wildman–Crippen MR) is 91.8 cm³/mol. The highest BCUT2D eigenvalue weighted by molar-refractivity contribution is 9.10. The molecule has 0 aliphatic carbocycles. The van der Waals surface area contributed by atoms with Crippen molar-refractivity contribution in [3.8, 4) is 0 Å². The van der Waals surface area contributed by atoms with E-state index in [9.17, 15) is 14.9 Å². The number of nitro groups is 1. The number of rotatable bonds is 3. The lowest BCUT2D eigenvalue weighted by molar-refractivity contribution is -0.386. The van der Waals surface area contributed by atoms with Crippen LogP contribution in [-0.4, -0.2) is 10.7 Å². The molecule has 1 aliphatic heterocycles. The zero-order chi connectivity index (χ0) is 17.5. The van der Waals surface area contributed by atoms with Crippen molar-refractivity contribution in [1.82, 2.24) is 0 Å². The highest BCUT2D eigenvalue weighted by atomic mass is 79.9. The number of allylic oxidation sites excluding steroid dienone is 1. The maximum atomic E-state index is 13.0. The van der Waals surface area contributed by atoms with E-state index in [-0.39, 0.29) is 11.3 Å². The van der Waals surface area contributed by atoms with Gasteiger partial charge in [-0.3, -0.25) is 20.6 Å². The lowest BCUT2D eigenvalue weighted by Gasteiger charge is -2.23. The van der Waals surface area contributed by atoms with Gasteiger partial charge in [0.15, 0.2) is 0 Å². The molecule has 1 unspecified atom stereocenters. The predicted octanol–water partition coefficient (Wildman–Crippen LogP) is 3.50. The molecule has 122 valence electrons. The Morgan fingerprint density at radius 2 is 1.92 bits per heavy atom. The monoisotopic (exact) mass is 388 g/mol. The summed E-state index contributed by atoms with van der Waals surface area (Å²) in [4.78, 5) is 23.7. The first-order valence-corrected chi connectivity index (χ1v) is 7.87. The zero-order valence-corrected chi connectivity index (χ0v) is 14.2. The molecule has 0 radical (unpaired) electrons. The molecule has 0 fully saturated rings. The molecule has 2 aromatic rings. The highest BCUT2D eigenvalue weighted by Crippen LogP contribution is 2.42. The number of ketones is 1. The van der Waals surface area contributed by atoms with Crippen molar-refractivity contribution in [3.63, 3.8) is 0 Å². The minimum Gasteiger partial charge on any atom is -0.465 e. The average Bonchev–Trinajstić information content (AvgIpc) is 2.77. The fraction of sp³-hybridized carbons (Fsp3) is 0.118. The molecule has 2 aromatic carbocycles. The fourth-order valence-electron chi connectivity index (χ4n) is 2.79. The van der Waals surface area contributed by atoms with Crippen LogP contribution in [0.1, 0.15) is 18.1 Å². The molecule has 0 aromatic heterocycles. The third-order valence-corrected chi connectivity index (χ3v) is 4.34. The summed E-state index contributed by atoms with van der Waals surface area (Å²) in [5, 5.41) is 11.3. The van der Waals surface area contributed by atoms with Crippen LogP contribution in [0.3, 0.4) is 0 Å². The van der Waals surface area contributed by atoms with Gasteiger partial charge in [-0.25, -0.2) is 0 Å². The molecule has 1 aliphatic rings. The Morgan fingerprint density at radius 1 is 1.21 bits per heavy atom.